The van der Waals surface area contributed by atoms with Crippen molar-refractivity contribution in [1.29, 1.82) is 0 Å². The lowest BCUT2D eigenvalue weighted by atomic mass is 9.87. The second-order valence-electron chi connectivity index (χ2n) is 4.95. The highest BCUT2D eigenvalue weighted by Gasteiger charge is 2.41. The summed E-state index contributed by atoms with van der Waals surface area (Å²) >= 11 is 1.56. The van der Waals surface area contributed by atoms with Gasteiger partial charge in [0.05, 0.1) is 0 Å². The van der Waals surface area contributed by atoms with Gasteiger partial charge in [0, 0.05) is 43.0 Å². The van der Waals surface area contributed by atoms with Gasteiger partial charge in [0.15, 0.2) is 0 Å². The van der Waals surface area contributed by atoms with Gasteiger partial charge in [-0.25, -0.2) is 4.98 Å². The van der Waals surface area contributed by atoms with Gasteiger partial charge in [0.25, 0.3) is 0 Å². The second kappa shape index (κ2) is 3.96. The summed E-state index contributed by atoms with van der Waals surface area (Å²) in [6, 6.07) is 0. The van der Waals surface area contributed by atoms with Gasteiger partial charge in [0.1, 0.15) is 5.82 Å². The lowest BCUT2D eigenvalue weighted by molar-refractivity contribution is 0.369. The lowest BCUT2D eigenvalue weighted by Gasteiger charge is -2.21. The number of hydrogen-bond donors (Lipinski definition) is 1. The van der Waals surface area contributed by atoms with Crippen molar-refractivity contribution in [1.82, 2.24) is 14.7 Å². The van der Waals surface area contributed by atoms with Gasteiger partial charge in [-0.2, -0.15) is 4.37 Å². The molecule has 1 atom stereocenters. The molecule has 2 aliphatic heterocycles. The molecular formula is C11H18N4S. The molecule has 2 fully saturated rings. The quantitative estimate of drug-likeness (QED) is 0.843. The van der Waals surface area contributed by atoms with Gasteiger partial charge in [-0.3, -0.25) is 0 Å². The molecule has 1 N–H and O–H groups in total. The smallest absolute Gasteiger partial charge is 0.205 e. The SMILES string of the molecule is CCc1nsc(N2CCC3(CCNC3)C2)n1. The number of aryl methyl sites for hydroxylation is 1. The molecule has 4 nitrogen and oxygen atoms in total. The zero-order valence-corrected chi connectivity index (χ0v) is 10.5. The Hall–Kier alpha value is -0.680. The minimum Gasteiger partial charge on any atom is -0.346 e. The Morgan fingerprint density at radius 3 is 3.12 bits per heavy atom. The van der Waals surface area contributed by atoms with E-state index in [1.807, 2.05) is 0 Å². The topological polar surface area (TPSA) is 41.1 Å². The van der Waals surface area contributed by atoms with E-state index in [4.69, 9.17) is 0 Å². The van der Waals surface area contributed by atoms with E-state index < -0.39 is 0 Å². The van der Waals surface area contributed by atoms with Crippen LogP contribution in [0.2, 0.25) is 0 Å². The number of rotatable bonds is 2. The largest absolute Gasteiger partial charge is 0.346 e. The second-order valence-corrected chi connectivity index (χ2v) is 5.68. The Morgan fingerprint density at radius 1 is 1.50 bits per heavy atom. The van der Waals surface area contributed by atoms with Crippen LogP contribution >= 0.6 is 11.5 Å². The van der Waals surface area contributed by atoms with Gasteiger partial charge >= 0.3 is 0 Å². The van der Waals surface area contributed by atoms with Crippen molar-refractivity contribution in [3.63, 3.8) is 0 Å². The van der Waals surface area contributed by atoms with Crippen LogP contribution in [0.15, 0.2) is 0 Å². The molecule has 5 heteroatoms. The summed E-state index contributed by atoms with van der Waals surface area (Å²) in [5.41, 5.74) is 0.526. The molecule has 0 radical (unpaired) electrons. The first kappa shape index (κ1) is 10.5. The third-order valence-corrected chi connectivity index (χ3v) is 4.63. The van der Waals surface area contributed by atoms with Crippen LogP contribution in [0.25, 0.3) is 0 Å². The monoisotopic (exact) mass is 238 g/mol. The maximum Gasteiger partial charge on any atom is 0.205 e. The number of hydrogen-bond acceptors (Lipinski definition) is 5. The maximum absolute atomic E-state index is 4.58. The fraction of sp³-hybridized carbons (Fsp3) is 0.818. The molecule has 2 aliphatic rings. The van der Waals surface area contributed by atoms with Crippen LogP contribution in [-0.4, -0.2) is 35.5 Å². The molecule has 2 saturated heterocycles. The normalized spacial score (nSPS) is 29.4. The molecule has 3 rings (SSSR count). The number of nitrogens with one attached hydrogen (secondary N) is 1. The predicted molar refractivity (Wildman–Crippen MR) is 66.0 cm³/mol. The van der Waals surface area contributed by atoms with Crippen LogP contribution < -0.4 is 10.2 Å². The van der Waals surface area contributed by atoms with Gasteiger partial charge in [0.2, 0.25) is 5.13 Å². The highest BCUT2D eigenvalue weighted by Crippen LogP contribution is 2.38. The number of aromatic nitrogens is 2. The minimum absolute atomic E-state index is 0.526. The Bertz CT molecular complexity index is 370. The Morgan fingerprint density at radius 2 is 2.44 bits per heavy atom. The first-order chi connectivity index (χ1) is 7.81. The molecule has 0 bridgehead atoms. The highest BCUT2D eigenvalue weighted by atomic mass is 32.1. The molecule has 88 valence electrons. The Balaban J connectivity index is 1.73. The van der Waals surface area contributed by atoms with Crippen LogP contribution in [0.5, 0.6) is 0 Å². The standard InChI is InChI=1S/C11H18N4S/c1-2-9-13-10(16-14-9)15-6-4-11(8-15)3-5-12-7-11/h12H,2-8H2,1H3. The summed E-state index contributed by atoms with van der Waals surface area (Å²) in [5, 5.41) is 4.61. The molecule has 1 spiro atoms. The van der Waals surface area contributed by atoms with Crippen molar-refractivity contribution in [2.75, 3.05) is 31.1 Å². The van der Waals surface area contributed by atoms with Gasteiger partial charge in [-0.15, -0.1) is 0 Å². The molecule has 0 saturated carbocycles. The van der Waals surface area contributed by atoms with Gasteiger partial charge in [-0.05, 0) is 19.4 Å². The highest BCUT2D eigenvalue weighted by molar-refractivity contribution is 7.09. The molecule has 1 aromatic heterocycles. The van der Waals surface area contributed by atoms with Crippen LogP contribution in [-0.2, 0) is 6.42 Å². The zero-order chi connectivity index (χ0) is 11.0. The third kappa shape index (κ3) is 1.72. The zero-order valence-electron chi connectivity index (χ0n) is 9.70. The maximum atomic E-state index is 4.58. The number of nitrogens with zero attached hydrogens (tertiary/aromatic N) is 3. The fourth-order valence-corrected chi connectivity index (χ4v) is 3.53. The molecule has 16 heavy (non-hydrogen) atoms. The molecule has 0 aromatic carbocycles. The van der Waals surface area contributed by atoms with E-state index in [1.165, 1.54) is 32.5 Å². The molecule has 3 heterocycles. The van der Waals surface area contributed by atoms with E-state index in [9.17, 15) is 0 Å². The summed E-state index contributed by atoms with van der Waals surface area (Å²) < 4.78 is 4.37. The minimum atomic E-state index is 0.526. The van der Waals surface area contributed by atoms with Crippen LogP contribution in [0.1, 0.15) is 25.6 Å². The van der Waals surface area contributed by atoms with Gasteiger partial charge in [-0.1, -0.05) is 6.92 Å². The first-order valence-electron chi connectivity index (χ1n) is 6.10. The summed E-state index contributed by atoms with van der Waals surface area (Å²) in [6.45, 7) is 6.80. The van der Waals surface area contributed by atoms with Crippen LogP contribution in [0.4, 0.5) is 5.13 Å². The van der Waals surface area contributed by atoms with E-state index in [0.29, 0.717) is 5.41 Å². The van der Waals surface area contributed by atoms with E-state index >= 15 is 0 Å². The van der Waals surface area contributed by atoms with Crippen molar-refractivity contribution in [2.24, 2.45) is 5.41 Å². The molecule has 0 amide bonds. The fourth-order valence-electron chi connectivity index (χ4n) is 2.76. The van der Waals surface area contributed by atoms with Crippen LogP contribution in [0, 0.1) is 5.41 Å². The average molecular weight is 238 g/mol. The summed E-state index contributed by atoms with van der Waals surface area (Å²) in [7, 11) is 0. The van der Waals surface area contributed by atoms with Gasteiger partial charge < -0.3 is 10.2 Å². The van der Waals surface area contributed by atoms with Crippen molar-refractivity contribution >= 4 is 16.7 Å². The average Bonchev–Trinajstić information content (AvgIpc) is 3.01. The molecule has 0 aliphatic carbocycles. The van der Waals surface area contributed by atoms with Crippen molar-refractivity contribution in [2.45, 2.75) is 26.2 Å². The predicted octanol–water partition coefficient (Wildman–Crippen LogP) is 1.29. The van der Waals surface area contributed by atoms with Crippen molar-refractivity contribution in [3.05, 3.63) is 5.82 Å². The van der Waals surface area contributed by atoms with E-state index in [1.54, 1.807) is 11.5 Å². The molecule has 1 unspecified atom stereocenters. The van der Waals surface area contributed by atoms with E-state index in [2.05, 4.69) is 26.5 Å². The molecule has 1 aromatic rings. The molecular weight excluding hydrogens is 220 g/mol. The Kier molecular flexibility index (Phi) is 2.59. The first-order valence-corrected chi connectivity index (χ1v) is 6.87. The van der Waals surface area contributed by atoms with Crippen molar-refractivity contribution < 1.29 is 0 Å². The van der Waals surface area contributed by atoms with E-state index in [-0.39, 0.29) is 0 Å². The third-order valence-electron chi connectivity index (χ3n) is 3.81. The van der Waals surface area contributed by atoms with Crippen LogP contribution in [0.3, 0.4) is 0 Å². The summed E-state index contributed by atoms with van der Waals surface area (Å²) in [5.74, 6) is 0.991. The van der Waals surface area contributed by atoms with E-state index in [0.717, 1.165) is 23.9 Å². The Labute approximate surface area is 100 Å². The van der Waals surface area contributed by atoms with Crippen molar-refractivity contribution in [3.8, 4) is 0 Å². The summed E-state index contributed by atoms with van der Waals surface area (Å²) in [6.07, 6.45) is 3.57. The number of anilines is 1. The summed E-state index contributed by atoms with van der Waals surface area (Å²) in [4.78, 5) is 7.00. The lowest BCUT2D eigenvalue weighted by Crippen LogP contribution is -2.29.